The largest absolute Gasteiger partial charge is 0.380 e. The molecule has 1 heterocycles. The van der Waals surface area contributed by atoms with Gasteiger partial charge in [0.05, 0.1) is 18.2 Å². The maximum Gasteiger partial charge on any atom is 0.259 e. The molecular formula is C12H13BrIN3O2. The zero-order valence-electron chi connectivity index (χ0n) is 10.3. The first-order chi connectivity index (χ1) is 9.11. The lowest BCUT2D eigenvalue weighted by molar-refractivity contribution is 0.130. The molecule has 0 aliphatic rings. The van der Waals surface area contributed by atoms with Gasteiger partial charge in [-0.25, -0.2) is 0 Å². The summed E-state index contributed by atoms with van der Waals surface area (Å²) in [5.74, 6) is 0.904. The summed E-state index contributed by atoms with van der Waals surface area (Å²) in [7, 11) is 0. The van der Waals surface area contributed by atoms with E-state index in [0.29, 0.717) is 24.9 Å². The van der Waals surface area contributed by atoms with E-state index in [1.807, 2.05) is 25.1 Å². The van der Waals surface area contributed by atoms with Gasteiger partial charge < -0.3 is 15.0 Å². The van der Waals surface area contributed by atoms with Crippen molar-refractivity contribution in [1.82, 2.24) is 10.1 Å². The SMILES string of the molecule is CCOCC(N)c1noc(-c2cc(I)ccc2Br)n1. The predicted octanol–water partition coefficient (Wildman–Crippen LogP) is 3.14. The summed E-state index contributed by atoms with van der Waals surface area (Å²) in [5.41, 5.74) is 6.77. The number of hydrogen-bond acceptors (Lipinski definition) is 5. The van der Waals surface area contributed by atoms with E-state index in [-0.39, 0.29) is 6.04 Å². The third-order valence-corrected chi connectivity index (χ3v) is 3.80. The monoisotopic (exact) mass is 437 g/mol. The number of nitrogens with two attached hydrogens (primary N) is 1. The summed E-state index contributed by atoms with van der Waals surface area (Å²) in [5, 5.41) is 3.90. The lowest BCUT2D eigenvalue weighted by Gasteiger charge is -2.05. The van der Waals surface area contributed by atoms with Crippen molar-refractivity contribution in [3.05, 3.63) is 32.1 Å². The predicted molar refractivity (Wildman–Crippen MR) is 83.6 cm³/mol. The molecule has 7 heteroatoms. The van der Waals surface area contributed by atoms with Crippen LogP contribution in [0.15, 0.2) is 27.2 Å². The van der Waals surface area contributed by atoms with Crippen LogP contribution in [0.5, 0.6) is 0 Å². The van der Waals surface area contributed by atoms with Crippen LogP contribution in [0.1, 0.15) is 18.8 Å². The Kier molecular flexibility index (Phi) is 5.31. The molecule has 0 aliphatic heterocycles. The van der Waals surface area contributed by atoms with E-state index in [1.54, 1.807) is 0 Å². The summed E-state index contributed by atoms with van der Waals surface area (Å²) in [6.45, 7) is 2.90. The highest BCUT2D eigenvalue weighted by atomic mass is 127. The third kappa shape index (κ3) is 3.74. The van der Waals surface area contributed by atoms with Gasteiger partial charge in [-0.15, -0.1) is 0 Å². The molecule has 0 bridgehead atoms. The second kappa shape index (κ2) is 6.78. The van der Waals surface area contributed by atoms with Crippen molar-refractivity contribution in [1.29, 1.82) is 0 Å². The molecule has 2 aromatic rings. The van der Waals surface area contributed by atoms with Gasteiger partial charge in [-0.1, -0.05) is 5.16 Å². The van der Waals surface area contributed by atoms with Gasteiger partial charge in [-0.3, -0.25) is 0 Å². The van der Waals surface area contributed by atoms with Gasteiger partial charge in [0.15, 0.2) is 5.82 Å². The van der Waals surface area contributed by atoms with E-state index in [4.69, 9.17) is 15.0 Å². The summed E-state index contributed by atoms with van der Waals surface area (Å²) in [6.07, 6.45) is 0. The Morgan fingerprint density at radius 2 is 2.32 bits per heavy atom. The number of ether oxygens (including phenoxy) is 1. The number of benzene rings is 1. The zero-order chi connectivity index (χ0) is 13.8. The molecule has 0 saturated carbocycles. The highest BCUT2D eigenvalue weighted by molar-refractivity contribution is 14.1. The van der Waals surface area contributed by atoms with E-state index in [1.165, 1.54) is 0 Å². The van der Waals surface area contributed by atoms with Gasteiger partial charge in [0.25, 0.3) is 5.89 Å². The molecule has 1 aromatic heterocycles. The summed E-state index contributed by atoms with van der Waals surface area (Å²) in [4.78, 5) is 4.32. The zero-order valence-corrected chi connectivity index (χ0v) is 14.0. The molecule has 0 fully saturated rings. The minimum atomic E-state index is -0.376. The highest BCUT2D eigenvalue weighted by Gasteiger charge is 2.17. The molecule has 1 aromatic carbocycles. The Labute approximate surface area is 133 Å². The number of aromatic nitrogens is 2. The van der Waals surface area contributed by atoms with Gasteiger partial charge in [0, 0.05) is 14.6 Å². The van der Waals surface area contributed by atoms with Gasteiger partial charge in [-0.2, -0.15) is 4.98 Å². The van der Waals surface area contributed by atoms with Crippen LogP contribution >= 0.6 is 38.5 Å². The minimum absolute atomic E-state index is 0.376. The standard InChI is InChI=1S/C12H13BrIN3O2/c1-2-18-6-10(15)11-16-12(19-17-11)8-5-7(14)3-4-9(8)13/h3-5,10H,2,6,15H2,1H3. The van der Waals surface area contributed by atoms with Crippen molar-refractivity contribution in [3.63, 3.8) is 0 Å². The van der Waals surface area contributed by atoms with Gasteiger partial charge >= 0.3 is 0 Å². The van der Waals surface area contributed by atoms with Crippen LogP contribution < -0.4 is 5.73 Å². The average Bonchev–Trinajstić information content (AvgIpc) is 2.88. The van der Waals surface area contributed by atoms with Crippen molar-refractivity contribution in [3.8, 4) is 11.5 Å². The second-order valence-corrected chi connectivity index (χ2v) is 5.95. The summed E-state index contributed by atoms with van der Waals surface area (Å²) >= 11 is 5.70. The highest BCUT2D eigenvalue weighted by Crippen LogP contribution is 2.29. The molecule has 0 saturated heterocycles. The van der Waals surface area contributed by atoms with E-state index in [0.717, 1.165) is 13.6 Å². The van der Waals surface area contributed by atoms with Crippen molar-refractivity contribution in [2.24, 2.45) is 5.73 Å². The lowest BCUT2D eigenvalue weighted by Crippen LogP contribution is -2.18. The number of rotatable bonds is 5. The van der Waals surface area contributed by atoms with Crippen LogP contribution in [0.2, 0.25) is 0 Å². The molecule has 19 heavy (non-hydrogen) atoms. The molecule has 5 nitrogen and oxygen atoms in total. The van der Waals surface area contributed by atoms with Crippen molar-refractivity contribution < 1.29 is 9.26 Å². The van der Waals surface area contributed by atoms with Crippen molar-refractivity contribution in [2.75, 3.05) is 13.2 Å². The number of nitrogens with zero attached hydrogens (tertiary/aromatic N) is 2. The Balaban J connectivity index is 2.23. The molecule has 2 rings (SSSR count). The maximum absolute atomic E-state index is 5.92. The fourth-order valence-electron chi connectivity index (χ4n) is 1.48. The fraction of sp³-hybridized carbons (Fsp3) is 0.333. The molecule has 0 amide bonds. The van der Waals surface area contributed by atoms with Crippen LogP contribution in [0, 0.1) is 3.57 Å². The average molecular weight is 438 g/mol. The van der Waals surface area contributed by atoms with Crippen LogP contribution in [-0.4, -0.2) is 23.4 Å². The van der Waals surface area contributed by atoms with E-state index < -0.39 is 0 Å². The number of hydrogen-bond donors (Lipinski definition) is 1. The quantitative estimate of drug-likeness (QED) is 0.727. The van der Waals surface area contributed by atoms with Crippen molar-refractivity contribution in [2.45, 2.75) is 13.0 Å². The lowest BCUT2D eigenvalue weighted by atomic mass is 10.2. The molecular weight excluding hydrogens is 425 g/mol. The summed E-state index contributed by atoms with van der Waals surface area (Å²) < 4.78 is 12.5. The third-order valence-electron chi connectivity index (χ3n) is 2.43. The molecule has 0 radical (unpaired) electrons. The van der Waals surface area contributed by atoms with Crippen LogP contribution in [0.3, 0.4) is 0 Å². The van der Waals surface area contributed by atoms with E-state index in [2.05, 4.69) is 48.7 Å². The normalized spacial score (nSPS) is 12.6. The van der Waals surface area contributed by atoms with Crippen LogP contribution in [0.25, 0.3) is 11.5 Å². The first kappa shape index (κ1) is 14.9. The van der Waals surface area contributed by atoms with Gasteiger partial charge in [0.1, 0.15) is 0 Å². The molecule has 0 spiro atoms. The second-order valence-electron chi connectivity index (χ2n) is 3.85. The van der Waals surface area contributed by atoms with Gasteiger partial charge in [-0.05, 0) is 63.6 Å². The molecule has 1 atom stereocenters. The van der Waals surface area contributed by atoms with E-state index >= 15 is 0 Å². The first-order valence-corrected chi connectivity index (χ1v) is 7.61. The smallest absolute Gasteiger partial charge is 0.259 e. The molecule has 0 aliphatic carbocycles. The summed E-state index contributed by atoms with van der Waals surface area (Å²) in [6, 6.07) is 5.53. The molecule has 102 valence electrons. The topological polar surface area (TPSA) is 74.2 Å². The maximum atomic E-state index is 5.92. The minimum Gasteiger partial charge on any atom is -0.380 e. The van der Waals surface area contributed by atoms with Crippen LogP contribution in [0.4, 0.5) is 0 Å². The number of halogens is 2. The van der Waals surface area contributed by atoms with Gasteiger partial charge in [0.2, 0.25) is 0 Å². The Bertz CT molecular complexity index is 562. The first-order valence-electron chi connectivity index (χ1n) is 5.74. The Hall–Kier alpha value is -0.510. The van der Waals surface area contributed by atoms with E-state index in [9.17, 15) is 0 Å². The Morgan fingerprint density at radius 1 is 1.53 bits per heavy atom. The molecule has 2 N–H and O–H groups in total. The Morgan fingerprint density at radius 3 is 3.05 bits per heavy atom. The van der Waals surface area contributed by atoms with Crippen LogP contribution in [-0.2, 0) is 4.74 Å². The fourth-order valence-corrected chi connectivity index (χ4v) is 2.38. The molecule has 1 unspecified atom stereocenters. The van der Waals surface area contributed by atoms with Crippen molar-refractivity contribution >= 4 is 38.5 Å².